The topological polar surface area (TPSA) is 119 Å². The van der Waals surface area contributed by atoms with E-state index >= 15 is 0 Å². The maximum atomic E-state index is 14.1. The van der Waals surface area contributed by atoms with Gasteiger partial charge < -0.3 is 23.7 Å². The molecule has 2 aromatic carbocycles. The molecule has 0 amide bonds. The van der Waals surface area contributed by atoms with Gasteiger partial charge in [0.1, 0.15) is 17.3 Å². The van der Waals surface area contributed by atoms with E-state index in [1.807, 2.05) is 0 Å². The Labute approximate surface area is 223 Å². The van der Waals surface area contributed by atoms with Gasteiger partial charge in [-0.1, -0.05) is 11.6 Å². The summed E-state index contributed by atoms with van der Waals surface area (Å²) < 4.78 is 40.6. The van der Waals surface area contributed by atoms with E-state index in [0.29, 0.717) is 55.2 Å². The van der Waals surface area contributed by atoms with Gasteiger partial charge in [-0.2, -0.15) is 0 Å². The molecule has 1 aromatic heterocycles. The fraction of sp³-hybridized carbons (Fsp3) is 0.308. The molecule has 202 valence electrons. The first-order valence-corrected chi connectivity index (χ1v) is 11.9. The van der Waals surface area contributed by atoms with E-state index in [0.717, 1.165) is 0 Å². The van der Waals surface area contributed by atoms with Gasteiger partial charge in [-0.3, -0.25) is 15.1 Å². The van der Waals surface area contributed by atoms with Crippen LogP contribution in [0.3, 0.4) is 0 Å². The first-order valence-electron chi connectivity index (χ1n) is 11.5. The quantitative estimate of drug-likeness (QED) is 0.111. The van der Waals surface area contributed by atoms with Crippen molar-refractivity contribution in [3.8, 4) is 28.5 Å². The highest BCUT2D eigenvalue weighted by molar-refractivity contribution is 6.32. The molecule has 0 N–H and O–H groups in total. The monoisotopic (exact) mass is 548 g/mol. The third kappa shape index (κ3) is 8.02. The van der Waals surface area contributed by atoms with E-state index < -0.39 is 16.7 Å². The van der Waals surface area contributed by atoms with Crippen LogP contribution >= 0.6 is 11.6 Å². The van der Waals surface area contributed by atoms with Gasteiger partial charge in [0.05, 0.1) is 48.6 Å². The average molecular weight is 549 g/mol. The minimum atomic E-state index is -0.581. The fourth-order valence-electron chi connectivity index (χ4n) is 3.33. The van der Waals surface area contributed by atoms with Crippen molar-refractivity contribution in [3.63, 3.8) is 0 Å². The highest BCUT2D eigenvalue weighted by Gasteiger charge is 2.19. The predicted octanol–water partition coefficient (Wildman–Crippen LogP) is 5.50. The van der Waals surface area contributed by atoms with Crippen LogP contribution in [-0.4, -0.2) is 56.5 Å². The van der Waals surface area contributed by atoms with Crippen molar-refractivity contribution in [2.75, 3.05) is 40.6 Å². The molecular formula is C26H26ClFN2O8. The Kier molecular flexibility index (Phi) is 10.6. The van der Waals surface area contributed by atoms with Crippen molar-refractivity contribution in [1.29, 1.82) is 0 Å². The van der Waals surface area contributed by atoms with Crippen LogP contribution < -0.4 is 14.2 Å². The summed E-state index contributed by atoms with van der Waals surface area (Å²) in [4.78, 5) is 26.2. The molecule has 12 heteroatoms. The normalized spacial score (nSPS) is 10.6. The smallest absolute Gasteiger partial charge is 0.339 e. The zero-order valence-electron chi connectivity index (χ0n) is 20.8. The maximum Gasteiger partial charge on any atom is 0.339 e. The second-order valence-electron chi connectivity index (χ2n) is 7.83. The Morgan fingerprint density at radius 3 is 2.37 bits per heavy atom. The molecule has 0 atom stereocenters. The molecule has 0 saturated carbocycles. The van der Waals surface area contributed by atoms with Gasteiger partial charge in [0.2, 0.25) is 5.75 Å². The lowest BCUT2D eigenvalue weighted by molar-refractivity contribution is -0.385. The molecule has 0 bridgehead atoms. The maximum absolute atomic E-state index is 14.1. The summed E-state index contributed by atoms with van der Waals surface area (Å²) in [6, 6.07) is 10.0. The molecule has 0 radical (unpaired) electrons. The Hall–Kier alpha value is -3.96. The van der Waals surface area contributed by atoms with E-state index in [-0.39, 0.29) is 28.8 Å². The van der Waals surface area contributed by atoms with Gasteiger partial charge in [0, 0.05) is 56.0 Å². The van der Waals surface area contributed by atoms with Crippen LogP contribution in [0.1, 0.15) is 23.2 Å². The highest BCUT2D eigenvalue weighted by atomic mass is 35.5. The summed E-state index contributed by atoms with van der Waals surface area (Å²) in [5, 5.41) is 11.1. The first kappa shape index (κ1) is 28.6. The van der Waals surface area contributed by atoms with E-state index in [2.05, 4.69) is 9.72 Å². The number of nitrogens with zero attached hydrogens (tertiary/aromatic N) is 2. The molecule has 0 aliphatic heterocycles. The average Bonchev–Trinajstić information content (AvgIpc) is 2.91. The van der Waals surface area contributed by atoms with Gasteiger partial charge in [-0.15, -0.1) is 0 Å². The summed E-state index contributed by atoms with van der Waals surface area (Å²) >= 11 is 6.05. The van der Waals surface area contributed by atoms with Crippen molar-refractivity contribution in [2.45, 2.75) is 12.8 Å². The van der Waals surface area contributed by atoms with Gasteiger partial charge in [0.15, 0.2) is 0 Å². The molecule has 0 unspecified atom stereocenters. The number of benzene rings is 2. The van der Waals surface area contributed by atoms with Crippen LogP contribution in [0, 0.1) is 15.9 Å². The minimum absolute atomic E-state index is 0.0591. The van der Waals surface area contributed by atoms with Gasteiger partial charge in [-0.05, 0) is 24.3 Å². The molecule has 0 spiro atoms. The molecular weight excluding hydrogens is 523 g/mol. The number of ether oxygens (including phenoxy) is 5. The largest absolute Gasteiger partial charge is 0.493 e. The van der Waals surface area contributed by atoms with Crippen molar-refractivity contribution < 1.29 is 37.8 Å². The summed E-state index contributed by atoms with van der Waals surface area (Å²) in [6.45, 7) is 1.44. The van der Waals surface area contributed by atoms with Crippen LogP contribution in [0.25, 0.3) is 11.3 Å². The minimum Gasteiger partial charge on any atom is -0.493 e. The lowest BCUT2D eigenvalue weighted by atomic mass is 10.1. The van der Waals surface area contributed by atoms with Crippen LogP contribution in [0.2, 0.25) is 5.02 Å². The molecule has 0 aliphatic carbocycles. The number of aromatic nitrogens is 1. The predicted molar refractivity (Wildman–Crippen MR) is 137 cm³/mol. The number of nitro groups is 1. The van der Waals surface area contributed by atoms with E-state index in [4.69, 9.17) is 30.5 Å². The number of rotatable bonds is 14. The number of nitro benzene ring substituents is 1. The summed E-state index contributed by atoms with van der Waals surface area (Å²) in [5.74, 6) is -0.284. The van der Waals surface area contributed by atoms with Crippen molar-refractivity contribution in [2.24, 2.45) is 0 Å². The molecule has 38 heavy (non-hydrogen) atoms. The van der Waals surface area contributed by atoms with Crippen LogP contribution in [0.4, 0.5) is 10.1 Å². The second kappa shape index (κ2) is 14.1. The molecule has 0 fully saturated rings. The number of carbonyl (C=O) groups is 1. The lowest BCUT2D eigenvalue weighted by Gasteiger charge is -2.11. The molecule has 0 saturated heterocycles. The number of pyridine rings is 1. The molecule has 0 aliphatic rings. The number of hydrogen-bond acceptors (Lipinski definition) is 9. The van der Waals surface area contributed by atoms with Gasteiger partial charge >= 0.3 is 11.7 Å². The van der Waals surface area contributed by atoms with E-state index in [1.54, 1.807) is 18.2 Å². The van der Waals surface area contributed by atoms with Crippen LogP contribution in [0.15, 0.2) is 48.7 Å². The highest BCUT2D eigenvalue weighted by Crippen LogP contribution is 2.37. The molecule has 1 heterocycles. The Balaban J connectivity index is 1.37. The van der Waals surface area contributed by atoms with Crippen molar-refractivity contribution >= 4 is 23.3 Å². The molecule has 3 rings (SSSR count). The number of carbonyl (C=O) groups excluding carboxylic acids is 1. The SMILES string of the molecule is COC(=O)c1ccc(-c2cc(F)cc(OCCCOCCCOc3cc(OC)c([N+](=O)[O-])cc3Cl)c2)nc1. The number of halogens is 2. The number of methoxy groups -OCH3 is 2. The van der Waals surface area contributed by atoms with E-state index in [1.165, 1.54) is 44.7 Å². The number of esters is 1. The van der Waals surface area contributed by atoms with Crippen LogP contribution in [-0.2, 0) is 9.47 Å². The zero-order chi connectivity index (χ0) is 27.5. The van der Waals surface area contributed by atoms with Gasteiger partial charge in [0.25, 0.3) is 0 Å². The standard InChI is InChI=1S/C26H26ClFN2O8/c1-34-25-15-24(21(27)14-23(25)30(32)33)38-10-4-8-36-7-3-9-37-20-12-18(11-19(28)13-20)22-6-5-17(16-29-22)26(31)35-2/h5-6,11-16H,3-4,7-10H2,1-2H3. The second-order valence-corrected chi connectivity index (χ2v) is 8.23. The number of hydrogen-bond donors (Lipinski definition) is 0. The lowest BCUT2D eigenvalue weighted by Crippen LogP contribution is -2.07. The Bertz CT molecular complexity index is 1260. The van der Waals surface area contributed by atoms with Gasteiger partial charge in [-0.25, -0.2) is 9.18 Å². The summed E-state index contributed by atoms with van der Waals surface area (Å²) in [7, 11) is 2.61. The van der Waals surface area contributed by atoms with Crippen molar-refractivity contribution in [3.05, 3.63) is 75.2 Å². The van der Waals surface area contributed by atoms with Crippen LogP contribution in [0.5, 0.6) is 17.2 Å². The summed E-state index contributed by atoms with van der Waals surface area (Å²) in [6.07, 6.45) is 2.50. The fourth-order valence-corrected chi connectivity index (χ4v) is 3.55. The zero-order valence-corrected chi connectivity index (χ0v) is 21.5. The van der Waals surface area contributed by atoms with E-state index in [9.17, 15) is 19.3 Å². The van der Waals surface area contributed by atoms with Crippen molar-refractivity contribution in [1.82, 2.24) is 4.98 Å². The third-order valence-electron chi connectivity index (χ3n) is 5.17. The summed E-state index contributed by atoms with van der Waals surface area (Å²) in [5.41, 5.74) is 1.06. The Morgan fingerprint density at radius 1 is 1.00 bits per heavy atom. The molecule has 10 nitrogen and oxygen atoms in total. The molecule has 3 aromatic rings. The first-order chi connectivity index (χ1) is 18.3. The Morgan fingerprint density at radius 2 is 1.74 bits per heavy atom. The third-order valence-corrected chi connectivity index (χ3v) is 5.47.